The van der Waals surface area contributed by atoms with Gasteiger partial charge in [-0.05, 0) is 51.5 Å². The molecule has 0 spiro atoms. The van der Waals surface area contributed by atoms with Crippen LogP contribution < -0.4 is 5.32 Å². The third-order valence-corrected chi connectivity index (χ3v) is 3.79. The Hall–Kier alpha value is -2.95. The Bertz CT molecular complexity index is 826. The van der Waals surface area contributed by atoms with Crippen molar-refractivity contribution in [2.75, 3.05) is 5.32 Å². The van der Waals surface area contributed by atoms with Crippen molar-refractivity contribution in [3.63, 3.8) is 0 Å². The lowest BCUT2D eigenvalue weighted by atomic mass is 10.1. The van der Waals surface area contributed by atoms with Crippen LogP contribution in [-0.2, 0) is 9.53 Å². The zero-order valence-corrected chi connectivity index (χ0v) is 14.8. The fourth-order valence-electron chi connectivity index (χ4n) is 2.38. The maximum Gasteiger partial charge on any atom is 0.339 e. The Balaban J connectivity index is 2.03. The lowest BCUT2D eigenvalue weighted by Crippen LogP contribution is -2.30. The molecule has 1 amide bonds. The number of ether oxygens (including phenoxy) is 1. The molecule has 130 valence electrons. The van der Waals surface area contributed by atoms with Gasteiger partial charge in [-0.1, -0.05) is 29.8 Å². The van der Waals surface area contributed by atoms with Crippen LogP contribution in [0.25, 0.3) is 0 Å². The number of ketones is 1. The van der Waals surface area contributed by atoms with Crippen LogP contribution in [0.3, 0.4) is 0 Å². The van der Waals surface area contributed by atoms with Gasteiger partial charge in [-0.3, -0.25) is 9.59 Å². The SMILES string of the molecule is CC(=O)c1cccc(NC(=O)[C@H](C)OC(=O)c2ccc(C)cc2C)c1. The highest BCUT2D eigenvalue weighted by Crippen LogP contribution is 2.15. The lowest BCUT2D eigenvalue weighted by molar-refractivity contribution is -0.123. The predicted octanol–water partition coefficient (Wildman–Crippen LogP) is 3.69. The monoisotopic (exact) mass is 339 g/mol. The van der Waals surface area contributed by atoms with Gasteiger partial charge in [-0.15, -0.1) is 0 Å². The minimum Gasteiger partial charge on any atom is -0.449 e. The fourth-order valence-corrected chi connectivity index (χ4v) is 2.38. The minimum atomic E-state index is -0.964. The second kappa shape index (κ2) is 7.75. The molecule has 0 bridgehead atoms. The van der Waals surface area contributed by atoms with E-state index in [0.717, 1.165) is 11.1 Å². The molecule has 1 N–H and O–H groups in total. The van der Waals surface area contributed by atoms with Gasteiger partial charge in [-0.2, -0.15) is 0 Å². The predicted molar refractivity (Wildman–Crippen MR) is 95.9 cm³/mol. The Morgan fingerprint density at radius 3 is 2.40 bits per heavy atom. The number of Topliss-reactive ketones (excluding diaryl/α,β-unsaturated/α-hetero) is 1. The first-order valence-electron chi connectivity index (χ1n) is 7.98. The number of hydrogen-bond donors (Lipinski definition) is 1. The van der Waals surface area contributed by atoms with Gasteiger partial charge in [0.15, 0.2) is 11.9 Å². The average molecular weight is 339 g/mol. The summed E-state index contributed by atoms with van der Waals surface area (Å²) in [6.45, 7) is 6.72. The molecule has 0 aliphatic carbocycles. The van der Waals surface area contributed by atoms with Crippen molar-refractivity contribution in [2.24, 2.45) is 0 Å². The van der Waals surface area contributed by atoms with Crippen LogP contribution >= 0.6 is 0 Å². The summed E-state index contributed by atoms with van der Waals surface area (Å²) < 4.78 is 5.25. The van der Waals surface area contributed by atoms with E-state index in [1.165, 1.54) is 13.8 Å². The van der Waals surface area contributed by atoms with Crippen LogP contribution in [0.4, 0.5) is 5.69 Å². The van der Waals surface area contributed by atoms with Gasteiger partial charge in [-0.25, -0.2) is 4.79 Å². The fraction of sp³-hybridized carbons (Fsp3) is 0.250. The molecule has 0 heterocycles. The van der Waals surface area contributed by atoms with Crippen LogP contribution in [0.15, 0.2) is 42.5 Å². The number of hydrogen-bond acceptors (Lipinski definition) is 4. The number of carbonyl (C=O) groups excluding carboxylic acids is 3. The quantitative estimate of drug-likeness (QED) is 0.666. The maximum atomic E-state index is 12.2. The van der Waals surface area contributed by atoms with Crippen molar-refractivity contribution < 1.29 is 19.1 Å². The number of carbonyl (C=O) groups is 3. The average Bonchev–Trinajstić information content (AvgIpc) is 2.54. The number of aryl methyl sites for hydroxylation is 2. The summed E-state index contributed by atoms with van der Waals surface area (Å²) in [7, 11) is 0. The summed E-state index contributed by atoms with van der Waals surface area (Å²) >= 11 is 0. The van der Waals surface area contributed by atoms with Crippen LogP contribution in [0.1, 0.15) is 45.7 Å². The number of rotatable bonds is 5. The molecule has 2 rings (SSSR count). The molecule has 0 fully saturated rings. The van der Waals surface area contributed by atoms with E-state index < -0.39 is 18.0 Å². The van der Waals surface area contributed by atoms with Crippen molar-refractivity contribution in [3.8, 4) is 0 Å². The molecule has 0 aromatic heterocycles. The molecule has 5 heteroatoms. The number of esters is 1. The highest BCUT2D eigenvalue weighted by atomic mass is 16.5. The minimum absolute atomic E-state index is 0.0922. The zero-order chi connectivity index (χ0) is 18.6. The molecule has 25 heavy (non-hydrogen) atoms. The number of amides is 1. The standard InChI is InChI=1S/C20H21NO4/c1-12-8-9-18(13(2)10-12)20(24)25-15(4)19(23)21-17-7-5-6-16(11-17)14(3)22/h5-11,15H,1-4H3,(H,21,23)/t15-/m0/s1. The second-order valence-corrected chi connectivity index (χ2v) is 5.99. The molecule has 0 aliphatic rings. The van der Waals surface area contributed by atoms with Crippen LogP contribution in [0.2, 0.25) is 0 Å². The third kappa shape index (κ3) is 4.76. The lowest BCUT2D eigenvalue weighted by Gasteiger charge is -2.15. The van der Waals surface area contributed by atoms with Crippen molar-refractivity contribution in [3.05, 3.63) is 64.7 Å². The van der Waals surface area contributed by atoms with Crippen molar-refractivity contribution in [1.29, 1.82) is 0 Å². The summed E-state index contributed by atoms with van der Waals surface area (Å²) in [6, 6.07) is 12.0. The summed E-state index contributed by atoms with van der Waals surface area (Å²) in [5, 5.41) is 2.65. The van der Waals surface area contributed by atoms with E-state index in [-0.39, 0.29) is 5.78 Å². The highest BCUT2D eigenvalue weighted by Gasteiger charge is 2.20. The Morgan fingerprint density at radius 1 is 1.04 bits per heavy atom. The molecule has 0 aliphatic heterocycles. The molecule has 0 saturated heterocycles. The van der Waals surface area contributed by atoms with E-state index >= 15 is 0 Å². The van der Waals surface area contributed by atoms with Gasteiger partial charge in [0.05, 0.1) is 5.56 Å². The first kappa shape index (κ1) is 18.4. The zero-order valence-electron chi connectivity index (χ0n) is 14.8. The number of anilines is 1. The summed E-state index contributed by atoms with van der Waals surface area (Å²) in [5.41, 5.74) is 3.26. The largest absolute Gasteiger partial charge is 0.449 e. The van der Waals surface area contributed by atoms with E-state index in [1.54, 1.807) is 30.3 Å². The van der Waals surface area contributed by atoms with Gasteiger partial charge in [0.2, 0.25) is 0 Å². The summed E-state index contributed by atoms with van der Waals surface area (Å²) in [4.78, 5) is 35.9. The molecule has 2 aromatic carbocycles. The molecular formula is C20H21NO4. The van der Waals surface area contributed by atoms with Gasteiger partial charge < -0.3 is 10.1 Å². The van der Waals surface area contributed by atoms with E-state index in [1.807, 2.05) is 26.0 Å². The van der Waals surface area contributed by atoms with Crippen molar-refractivity contribution in [1.82, 2.24) is 0 Å². The van der Waals surface area contributed by atoms with Gasteiger partial charge in [0.1, 0.15) is 0 Å². The topological polar surface area (TPSA) is 72.5 Å². The molecule has 5 nitrogen and oxygen atoms in total. The molecular weight excluding hydrogens is 318 g/mol. The van der Waals surface area contributed by atoms with E-state index in [9.17, 15) is 14.4 Å². The van der Waals surface area contributed by atoms with E-state index in [2.05, 4.69) is 5.32 Å². The molecule has 2 aromatic rings. The normalized spacial score (nSPS) is 11.5. The number of benzene rings is 2. The molecule has 0 unspecified atom stereocenters. The van der Waals surface area contributed by atoms with E-state index in [4.69, 9.17) is 4.74 Å². The van der Waals surface area contributed by atoms with E-state index in [0.29, 0.717) is 16.8 Å². The second-order valence-electron chi connectivity index (χ2n) is 5.99. The van der Waals surface area contributed by atoms with Crippen molar-refractivity contribution >= 4 is 23.3 Å². The Morgan fingerprint density at radius 2 is 1.76 bits per heavy atom. The Labute approximate surface area is 147 Å². The van der Waals surface area contributed by atoms with Crippen LogP contribution in [-0.4, -0.2) is 23.8 Å². The van der Waals surface area contributed by atoms with Gasteiger partial charge >= 0.3 is 5.97 Å². The maximum absolute atomic E-state index is 12.2. The summed E-state index contributed by atoms with van der Waals surface area (Å²) in [6.07, 6.45) is -0.964. The number of nitrogens with one attached hydrogen (secondary N) is 1. The first-order chi connectivity index (χ1) is 11.8. The smallest absolute Gasteiger partial charge is 0.339 e. The van der Waals surface area contributed by atoms with Gasteiger partial charge in [0, 0.05) is 11.3 Å². The van der Waals surface area contributed by atoms with Crippen LogP contribution in [0.5, 0.6) is 0 Å². The molecule has 0 radical (unpaired) electrons. The first-order valence-corrected chi connectivity index (χ1v) is 7.98. The highest BCUT2D eigenvalue weighted by molar-refractivity contribution is 5.99. The summed E-state index contributed by atoms with van der Waals surface area (Å²) in [5.74, 6) is -1.10. The molecule has 0 saturated carbocycles. The molecule has 1 atom stereocenters. The Kier molecular flexibility index (Phi) is 5.70. The van der Waals surface area contributed by atoms with Crippen LogP contribution in [0, 0.1) is 13.8 Å². The van der Waals surface area contributed by atoms with Gasteiger partial charge in [0.25, 0.3) is 5.91 Å². The third-order valence-electron chi connectivity index (χ3n) is 3.79. The van der Waals surface area contributed by atoms with Crippen molar-refractivity contribution in [2.45, 2.75) is 33.8 Å².